The summed E-state index contributed by atoms with van der Waals surface area (Å²) < 4.78 is 41.2. The molecule has 13 nitrogen and oxygen atoms in total. The van der Waals surface area contributed by atoms with Crippen molar-refractivity contribution in [3.05, 3.63) is 101 Å². The van der Waals surface area contributed by atoms with Crippen molar-refractivity contribution in [1.29, 1.82) is 0 Å². The van der Waals surface area contributed by atoms with Crippen LogP contribution in [0.15, 0.2) is 77.6 Å². The van der Waals surface area contributed by atoms with Gasteiger partial charge in [0.05, 0.1) is 23.0 Å². The monoisotopic (exact) mass is 659 g/mol. The number of hydrogen-bond acceptors (Lipinski definition) is 9. The average molecular weight is 660 g/mol. The topological polar surface area (TPSA) is 187 Å². The Balaban J connectivity index is 1.23. The maximum atomic E-state index is 15.2. The van der Waals surface area contributed by atoms with E-state index < -0.39 is 41.2 Å². The molecule has 0 saturated carbocycles. The Morgan fingerprint density at radius 2 is 1.79 bits per heavy atom. The third-order valence-electron chi connectivity index (χ3n) is 6.89. The third-order valence-corrected chi connectivity index (χ3v) is 6.89. The molecule has 15 heteroatoms. The second kappa shape index (κ2) is 13.8. The lowest BCUT2D eigenvalue weighted by Crippen LogP contribution is -2.42. The first-order chi connectivity index (χ1) is 22.8. The van der Waals surface area contributed by atoms with Gasteiger partial charge in [0.15, 0.2) is 0 Å². The van der Waals surface area contributed by atoms with Crippen LogP contribution in [-0.4, -0.2) is 54.6 Å². The molecule has 48 heavy (non-hydrogen) atoms. The largest absolute Gasteiger partial charge is 0.480 e. The Labute approximate surface area is 272 Å². The molecule has 0 saturated heterocycles. The van der Waals surface area contributed by atoms with Crippen LogP contribution in [0, 0.1) is 11.6 Å². The summed E-state index contributed by atoms with van der Waals surface area (Å²) in [4.78, 5) is 41.1. The Hall–Kier alpha value is -5.96. The number of nitrogens with one attached hydrogen (secondary N) is 2. The molecule has 1 unspecified atom stereocenters. The number of aliphatic carboxylic acids is 1. The first-order valence-corrected chi connectivity index (χ1v) is 14.6. The van der Waals surface area contributed by atoms with Gasteiger partial charge in [-0.2, -0.15) is 10.1 Å². The summed E-state index contributed by atoms with van der Waals surface area (Å²) >= 11 is 0. The zero-order valence-corrected chi connectivity index (χ0v) is 26.0. The van der Waals surface area contributed by atoms with Crippen LogP contribution in [-0.2, 0) is 22.5 Å². The van der Waals surface area contributed by atoms with Gasteiger partial charge in [-0.25, -0.2) is 23.1 Å². The second-order valence-corrected chi connectivity index (χ2v) is 11.7. The van der Waals surface area contributed by atoms with Gasteiger partial charge < -0.3 is 25.4 Å². The fourth-order valence-corrected chi connectivity index (χ4v) is 4.54. The van der Waals surface area contributed by atoms with Gasteiger partial charge >= 0.3 is 12.1 Å². The van der Waals surface area contributed by atoms with Crippen molar-refractivity contribution in [2.75, 3.05) is 5.32 Å². The molecular weight excluding hydrogens is 628 g/mol. The Kier molecular flexibility index (Phi) is 9.61. The van der Waals surface area contributed by atoms with E-state index in [-0.39, 0.29) is 41.4 Å². The molecule has 2 amide bonds. The molecule has 0 bridgehead atoms. The third kappa shape index (κ3) is 8.06. The molecule has 5 aromatic rings. The van der Waals surface area contributed by atoms with E-state index in [1.807, 2.05) is 0 Å². The number of nitrogens with zero attached hydrogens (tertiary/aromatic N) is 4. The fourth-order valence-electron chi connectivity index (χ4n) is 4.54. The van der Waals surface area contributed by atoms with Crippen LogP contribution in [0.25, 0.3) is 28.5 Å². The molecule has 0 aliphatic carbocycles. The molecule has 0 aliphatic heterocycles. The fraction of sp³-hybridized carbons (Fsp3) is 0.212. The summed E-state index contributed by atoms with van der Waals surface area (Å²) in [5.41, 5.74) is 6.82. The highest BCUT2D eigenvalue weighted by Crippen LogP contribution is 2.26. The normalized spacial score (nSPS) is 12.0. The summed E-state index contributed by atoms with van der Waals surface area (Å²) in [5.74, 6) is -3.27. The Morgan fingerprint density at radius 3 is 2.44 bits per heavy atom. The summed E-state index contributed by atoms with van der Waals surface area (Å²) in [6.45, 7) is 5.28. The number of carboxylic acids is 1. The zero-order chi connectivity index (χ0) is 34.6. The van der Waals surface area contributed by atoms with Gasteiger partial charge in [-0.3, -0.25) is 10.1 Å². The van der Waals surface area contributed by atoms with E-state index in [9.17, 15) is 23.9 Å². The molecule has 0 radical (unpaired) electrons. The van der Waals surface area contributed by atoms with Crippen LogP contribution in [0.4, 0.5) is 19.3 Å². The first-order valence-electron chi connectivity index (χ1n) is 14.6. The van der Waals surface area contributed by atoms with Crippen molar-refractivity contribution in [3.63, 3.8) is 0 Å². The van der Waals surface area contributed by atoms with E-state index >= 15 is 4.39 Å². The average Bonchev–Trinajstić information content (AvgIpc) is 3.71. The number of carbonyl (C=O) groups is 3. The summed E-state index contributed by atoms with van der Waals surface area (Å²) in [5, 5.41) is 22.7. The zero-order valence-electron chi connectivity index (χ0n) is 26.0. The van der Waals surface area contributed by atoms with Crippen molar-refractivity contribution in [2.24, 2.45) is 5.73 Å². The molecular formula is C33H31F2N7O6. The molecule has 5 N–H and O–H groups in total. The number of halogens is 2. The lowest BCUT2D eigenvalue weighted by Gasteiger charge is -2.19. The van der Waals surface area contributed by atoms with Crippen molar-refractivity contribution < 1.29 is 37.5 Å². The van der Waals surface area contributed by atoms with E-state index in [1.165, 1.54) is 41.3 Å². The van der Waals surface area contributed by atoms with E-state index in [4.69, 9.17) is 15.0 Å². The van der Waals surface area contributed by atoms with Crippen LogP contribution in [0.5, 0.6) is 0 Å². The van der Waals surface area contributed by atoms with E-state index in [0.29, 0.717) is 22.5 Å². The van der Waals surface area contributed by atoms with Crippen molar-refractivity contribution in [2.45, 2.75) is 45.4 Å². The molecule has 248 valence electrons. The minimum atomic E-state index is -1.41. The van der Waals surface area contributed by atoms with E-state index in [0.717, 1.165) is 6.07 Å². The van der Waals surface area contributed by atoms with Gasteiger partial charge in [0.1, 0.15) is 23.3 Å². The predicted octanol–water partition coefficient (Wildman–Crippen LogP) is 5.10. The number of carboxylic acid groups (broad SMARTS) is 1. The van der Waals surface area contributed by atoms with Crippen LogP contribution in [0.3, 0.4) is 0 Å². The Morgan fingerprint density at radius 1 is 1.04 bits per heavy atom. The molecule has 3 aromatic carbocycles. The smallest absolute Gasteiger partial charge is 0.412 e. The predicted molar refractivity (Wildman–Crippen MR) is 169 cm³/mol. The van der Waals surface area contributed by atoms with Gasteiger partial charge in [-0.1, -0.05) is 17.3 Å². The number of benzene rings is 3. The molecule has 0 spiro atoms. The minimum absolute atomic E-state index is 0.0104. The summed E-state index contributed by atoms with van der Waals surface area (Å²) in [6.07, 6.45) is 1.70. The highest BCUT2D eigenvalue weighted by molar-refractivity contribution is 5.96. The number of carbonyl (C=O) groups excluding carboxylic acids is 2. The quantitative estimate of drug-likeness (QED) is 0.157. The maximum absolute atomic E-state index is 15.2. The molecule has 0 fully saturated rings. The number of anilines is 1. The molecule has 5 rings (SSSR count). The maximum Gasteiger partial charge on any atom is 0.412 e. The van der Waals surface area contributed by atoms with Crippen molar-refractivity contribution in [3.8, 4) is 28.5 Å². The molecule has 2 aromatic heterocycles. The van der Waals surface area contributed by atoms with E-state index in [2.05, 4.69) is 25.9 Å². The summed E-state index contributed by atoms with van der Waals surface area (Å²) in [7, 11) is 0. The van der Waals surface area contributed by atoms with E-state index in [1.54, 1.807) is 51.1 Å². The highest BCUT2D eigenvalue weighted by atomic mass is 19.1. The van der Waals surface area contributed by atoms with Gasteiger partial charge in [0.2, 0.25) is 5.82 Å². The Bertz CT molecular complexity index is 1970. The number of hydrogen-bond donors (Lipinski definition) is 4. The van der Waals surface area contributed by atoms with Gasteiger partial charge in [0, 0.05) is 36.0 Å². The number of nitrogens with two attached hydrogens (primary N) is 1. The molecule has 0 aliphatic rings. The lowest BCUT2D eigenvalue weighted by molar-refractivity contribution is -0.139. The SMILES string of the molecule is CC(C)(C)OC(=O)Nc1ccc(-c2nc(-c3ccc(CC(NC(=O)c4cnn(-c5ccc(CN)c(F)c5)c4)C(=O)O)cc3F)no2)cc1. The molecule has 2 heterocycles. The van der Waals surface area contributed by atoms with Crippen molar-refractivity contribution in [1.82, 2.24) is 25.2 Å². The van der Waals surface area contributed by atoms with Gasteiger partial charge in [-0.05, 0) is 74.9 Å². The first kappa shape index (κ1) is 33.4. The van der Waals surface area contributed by atoms with Crippen LogP contribution < -0.4 is 16.4 Å². The standard InChI is InChI=1S/C33H31F2N7O6/c1-33(2,3)47-32(46)38-22-8-5-19(6-9-22)30-40-28(41-48-30)24-11-4-18(12-26(24)35)13-27(31(44)45)39-29(43)21-16-37-42(17-21)23-10-7-20(15-36)25(34)14-23/h4-12,14,16-17,27H,13,15,36H2,1-3H3,(H,38,46)(H,39,43)(H,44,45). The van der Waals surface area contributed by atoms with Crippen LogP contribution in [0.1, 0.15) is 42.3 Å². The summed E-state index contributed by atoms with van der Waals surface area (Å²) in [6, 6.07) is 13.4. The van der Waals surface area contributed by atoms with Gasteiger partial charge in [-0.15, -0.1) is 0 Å². The number of rotatable bonds is 10. The number of amides is 2. The molecule has 1 atom stereocenters. The number of ether oxygens (including phenoxy) is 1. The van der Waals surface area contributed by atoms with Crippen LogP contribution in [0.2, 0.25) is 0 Å². The second-order valence-electron chi connectivity index (χ2n) is 11.7. The van der Waals surface area contributed by atoms with Crippen molar-refractivity contribution >= 4 is 23.7 Å². The highest BCUT2D eigenvalue weighted by Gasteiger charge is 2.24. The minimum Gasteiger partial charge on any atom is -0.480 e. The van der Waals surface area contributed by atoms with Crippen LogP contribution >= 0.6 is 0 Å². The lowest BCUT2D eigenvalue weighted by atomic mass is 10.0. The van der Waals surface area contributed by atoms with Gasteiger partial charge in [0.25, 0.3) is 11.8 Å². The number of aromatic nitrogens is 4.